The largest absolute Gasteiger partial charge is 0.497 e. The van der Waals surface area contributed by atoms with Gasteiger partial charge in [-0.1, -0.05) is 5.16 Å². The monoisotopic (exact) mass is 263 g/mol. The van der Waals surface area contributed by atoms with E-state index in [1.165, 1.54) is 0 Å². The highest BCUT2D eigenvalue weighted by atomic mass is 16.5. The summed E-state index contributed by atoms with van der Waals surface area (Å²) in [6.07, 6.45) is 0. The normalized spacial score (nSPS) is 11.4. The van der Waals surface area contributed by atoms with E-state index in [9.17, 15) is 0 Å². The second-order valence-corrected chi connectivity index (χ2v) is 4.70. The molecule has 19 heavy (non-hydrogen) atoms. The molecule has 0 fully saturated rings. The molecular formula is C13H17N3O3. The van der Waals surface area contributed by atoms with E-state index in [4.69, 9.17) is 19.7 Å². The summed E-state index contributed by atoms with van der Waals surface area (Å²) in [4.78, 5) is 4.18. The van der Waals surface area contributed by atoms with Crippen LogP contribution in [-0.4, -0.2) is 17.3 Å². The third kappa shape index (κ3) is 3.45. The van der Waals surface area contributed by atoms with Gasteiger partial charge in [0.1, 0.15) is 11.5 Å². The van der Waals surface area contributed by atoms with Crippen molar-refractivity contribution < 1.29 is 14.0 Å². The van der Waals surface area contributed by atoms with Crippen molar-refractivity contribution >= 4 is 0 Å². The number of nitrogens with two attached hydrogens (primary N) is 1. The number of rotatable bonds is 5. The van der Waals surface area contributed by atoms with Crippen LogP contribution in [0.5, 0.6) is 11.5 Å². The Labute approximate surface area is 111 Å². The standard InChI is InChI=1S/C13H17N3O3/c1-13(2,14)12-15-11(19-16-12)8-18-10-6-4-9(17-3)5-7-10/h4-7H,8,14H2,1-3H3. The van der Waals surface area contributed by atoms with E-state index in [1.807, 2.05) is 38.1 Å². The summed E-state index contributed by atoms with van der Waals surface area (Å²) < 4.78 is 15.7. The fraction of sp³-hybridized carbons (Fsp3) is 0.385. The Balaban J connectivity index is 1.96. The summed E-state index contributed by atoms with van der Waals surface area (Å²) in [5.41, 5.74) is 5.25. The Morgan fingerprint density at radius 2 is 1.84 bits per heavy atom. The van der Waals surface area contributed by atoms with Gasteiger partial charge in [0.05, 0.1) is 12.6 Å². The van der Waals surface area contributed by atoms with E-state index in [2.05, 4.69) is 10.1 Å². The van der Waals surface area contributed by atoms with Gasteiger partial charge in [-0.05, 0) is 38.1 Å². The fourth-order valence-electron chi connectivity index (χ4n) is 1.39. The molecule has 0 aliphatic carbocycles. The number of benzene rings is 1. The molecule has 2 aromatic rings. The molecule has 0 saturated carbocycles. The summed E-state index contributed by atoms with van der Waals surface area (Å²) in [7, 11) is 1.62. The molecule has 0 atom stereocenters. The third-order valence-electron chi connectivity index (χ3n) is 2.47. The van der Waals surface area contributed by atoms with Crippen molar-refractivity contribution in [2.75, 3.05) is 7.11 Å². The summed E-state index contributed by atoms with van der Waals surface area (Å²) in [5, 5.41) is 3.82. The zero-order valence-corrected chi connectivity index (χ0v) is 11.2. The van der Waals surface area contributed by atoms with Crippen LogP contribution in [0.1, 0.15) is 25.6 Å². The molecule has 2 N–H and O–H groups in total. The number of hydrogen-bond donors (Lipinski definition) is 1. The van der Waals surface area contributed by atoms with Gasteiger partial charge < -0.3 is 19.7 Å². The molecule has 6 nitrogen and oxygen atoms in total. The lowest BCUT2D eigenvalue weighted by Gasteiger charge is -2.11. The minimum absolute atomic E-state index is 0.204. The zero-order chi connectivity index (χ0) is 13.9. The van der Waals surface area contributed by atoms with E-state index in [-0.39, 0.29) is 6.61 Å². The summed E-state index contributed by atoms with van der Waals surface area (Å²) in [6, 6.07) is 7.25. The van der Waals surface area contributed by atoms with Crippen LogP contribution < -0.4 is 15.2 Å². The van der Waals surface area contributed by atoms with Gasteiger partial charge in [-0.3, -0.25) is 0 Å². The SMILES string of the molecule is COc1ccc(OCc2nc(C(C)(C)N)no2)cc1. The second kappa shape index (κ2) is 5.27. The molecule has 0 aliphatic rings. The van der Waals surface area contributed by atoms with Crippen molar-refractivity contribution in [1.29, 1.82) is 0 Å². The van der Waals surface area contributed by atoms with Gasteiger partial charge in [-0.2, -0.15) is 4.98 Å². The molecular weight excluding hydrogens is 246 g/mol. The summed E-state index contributed by atoms with van der Waals surface area (Å²) in [5.74, 6) is 2.33. The molecule has 2 rings (SSSR count). The van der Waals surface area contributed by atoms with Crippen molar-refractivity contribution in [2.24, 2.45) is 5.73 Å². The first kappa shape index (κ1) is 13.4. The smallest absolute Gasteiger partial charge is 0.264 e. The van der Waals surface area contributed by atoms with Gasteiger partial charge in [-0.25, -0.2) is 0 Å². The van der Waals surface area contributed by atoms with Crippen molar-refractivity contribution in [2.45, 2.75) is 26.0 Å². The topological polar surface area (TPSA) is 83.4 Å². The van der Waals surface area contributed by atoms with Crippen molar-refractivity contribution in [3.05, 3.63) is 36.0 Å². The summed E-state index contributed by atoms with van der Waals surface area (Å²) >= 11 is 0. The number of nitrogens with zero attached hydrogens (tertiary/aromatic N) is 2. The number of ether oxygens (including phenoxy) is 2. The van der Waals surface area contributed by atoms with Crippen molar-refractivity contribution in [3.8, 4) is 11.5 Å². The highest BCUT2D eigenvalue weighted by molar-refractivity contribution is 5.31. The highest BCUT2D eigenvalue weighted by Crippen LogP contribution is 2.18. The van der Waals surface area contributed by atoms with Crippen molar-refractivity contribution in [1.82, 2.24) is 10.1 Å². The van der Waals surface area contributed by atoms with Gasteiger partial charge in [-0.15, -0.1) is 0 Å². The van der Waals surface area contributed by atoms with Crippen LogP contribution in [0.3, 0.4) is 0 Å². The Hall–Kier alpha value is -2.08. The molecule has 0 aliphatic heterocycles. The molecule has 0 bridgehead atoms. The van der Waals surface area contributed by atoms with E-state index < -0.39 is 5.54 Å². The van der Waals surface area contributed by atoms with Crippen LogP contribution in [0.25, 0.3) is 0 Å². The van der Waals surface area contributed by atoms with E-state index >= 15 is 0 Å². The van der Waals surface area contributed by atoms with Crippen LogP contribution in [-0.2, 0) is 12.1 Å². The first-order chi connectivity index (χ1) is 8.99. The van der Waals surface area contributed by atoms with Gasteiger partial charge in [0.2, 0.25) is 0 Å². The Morgan fingerprint density at radius 1 is 1.21 bits per heavy atom. The minimum atomic E-state index is -0.623. The lowest BCUT2D eigenvalue weighted by atomic mass is 10.1. The molecule has 1 aromatic carbocycles. The second-order valence-electron chi connectivity index (χ2n) is 4.70. The van der Waals surface area contributed by atoms with E-state index in [0.29, 0.717) is 17.5 Å². The molecule has 0 radical (unpaired) electrons. The van der Waals surface area contributed by atoms with E-state index in [0.717, 1.165) is 5.75 Å². The third-order valence-corrected chi connectivity index (χ3v) is 2.47. The van der Waals surface area contributed by atoms with Crippen molar-refractivity contribution in [3.63, 3.8) is 0 Å². The first-order valence-corrected chi connectivity index (χ1v) is 5.88. The Morgan fingerprint density at radius 3 is 2.37 bits per heavy atom. The summed E-state index contributed by atoms with van der Waals surface area (Å²) in [6.45, 7) is 3.83. The maximum atomic E-state index is 5.87. The average Bonchev–Trinajstić information content (AvgIpc) is 2.86. The Bertz CT molecular complexity index is 529. The van der Waals surface area contributed by atoms with Gasteiger partial charge in [0.25, 0.3) is 5.89 Å². The van der Waals surface area contributed by atoms with Gasteiger partial charge in [0.15, 0.2) is 12.4 Å². The van der Waals surface area contributed by atoms with Gasteiger partial charge >= 0.3 is 0 Å². The molecule has 1 aromatic heterocycles. The highest BCUT2D eigenvalue weighted by Gasteiger charge is 2.21. The van der Waals surface area contributed by atoms with E-state index in [1.54, 1.807) is 7.11 Å². The predicted molar refractivity (Wildman–Crippen MR) is 68.8 cm³/mol. The molecule has 6 heteroatoms. The molecule has 0 spiro atoms. The molecule has 0 amide bonds. The van der Waals surface area contributed by atoms with Crippen LogP contribution in [0.15, 0.2) is 28.8 Å². The zero-order valence-electron chi connectivity index (χ0n) is 11.2. The minimum Gasteiger partial charge on any atom is -0.497 e. The maximum Gasteiger partial charge on any atom is 0.264 e. The lowest BCUT2D eigenvalue weighted by molar-refractivity contribution is 0.241. The average molecular weight is 263 g/mol. The van der Waals surface area contributed by atoms with Crippen LogP contribution in [0.2, 0.25) is 0 Å². The fourth-order valence-corrected chi connectivity index (χ4v) is 1.39. The lowest BCUT2D eigenvalue weighted by Crippen LogP contribution is -2.30. The maximum absolute atomic E-state index is 5.87. The van der Waals surface area contributed by atoms with Gasteiger partial charge in [0, 0.05) is 0 Å². The Kier molecular flexibility index (Phi) is 3.71. The number of aromatic nitrogens is 2. The molecule has 1 heterocycles. The van der Waals surface area contributed by atoms with Crippen LogP contribution >= 0.6 is 0 Å². The molecule has 0 unspecified atom stereocenters. The number of hydrogen-bond acceptors (Lipinski definition) is 6. The van der Waals surface area contributed by atoms with Crippen LogP contribution in [0, 0.1) is 0 Å². The first-order valence-electron chi connectivity index (χ1n) is 5.88. The molecule has 102 valence electrons. The quantitative estimate of drug-likeness (QED) is 0.886. The predicted octanol–water partition coefficient (Wildman–Crippen LogP) is 1.85. The molecule has 0 saturated heterocycles. The number of methoxy groups -OCH3 is 1. The van der Waals surface area contributed by atoms with Crippen LogP contribution in [0.4, 0.5) is 0 Å².